The van der Waals surface area contributed by atoms with Crippen molar-refractivity contribution in [3.8, 4) is 0 Å². The molecule has 1 fully saturated rings. The first kappa shape index (κ1) is 18.8. The molecule has 0 aliphatic heterocycles. The smallest absolute Gasteiger partial charge is 0.144 e. The van der Waals surface area contributed by atoms with Gasteiger partial charge >= 0.3 is 0 Å². The molecular formula is C19H28ClNOS. The predicted molar refractivity (Wildman–Crippen MR) is 102 cm³/mol. The largest absolute Gasteiger partial charge is 0.591 e. The van der Waals surface area contributed by atoms with Crippen LogP contribution in [0.2, 0.25) is 5.02 Å². The van der Waals surface area contributed by atoms with Gasteiger partial charge in [-0.3, -0.25) is 0 Å². The van der Waals surface area contributed by atoms with Gasteiger partial charge in [-0.1, -0.05) is 48.9 Å². The Bertz CT molecular complexity index is 613. The summed E-state index contributed by atoms with van der Waals surface area (Å²) in [7, 11) is 0. The van der Waals surface area contributed by atoms with Crippen molar-refractivity contribution < 1.29 is 4.55 Å². The third-order valence-corrected chi connectivity index (χ3v) is 6.28. The minimum absolute atomic E-state index is 0.327. The summed E-state index contributed by atoms with van der Waals surface area (Å²) in [5.41, 5.74) is 3.28. The van der Waals surface area contributed by atoms with Gasteiger partial charge in [-0.05, 0) is 63.0 Å². The minimum Gasteiger partial charge on any atom is -0.591 e. The van der Waals surface area contributed by atoms with Gasteiger partial charge in [0.05, 0.1) is 5.71 Å². The molecule has 2 nitrogen and oxygen atoms in total. The van der Waals surface area contributed by atoms with Crippen LogP contribution in [0.25, 0.3) is 0 Å². The third-order valence-electron chi connectivity index (χ3n) is 4.46. The molecule has 0 saturated heterocycles. The Morgan fingerprint density at radius 3 is 2.26 bits per heavy atom. The van der Waals surface area contributed by atoms with Gasteiger partial charge in [-0.25, -0.2) is 0 Å². The highest BCUT2D eigenvalue weighted by molar-refractivity contribution is 7.91. The quantitative estimate of drug-likeness (QED) is 0.502. The second kappa shape index (κ2) is 6.42. The second-order valence-corrected chi connectivity index (χ2v) is 10.9. The summed E-state index contributed by atoms with van der Waals surface area (Å²) in [6.45, 7) is 14.5. The van der Waals surface area contributed by atoms with E-state index in [4.69, 9.17) is 11.6 Å². The summed E-state index contributed by atoms with van der Waals surface area (Å²) in [5.74, 6) is 1.27. The molecule has 0 heterocycles. The van der Waals surface area contributed by atoms with E-state index in [2.05, 4.69) is 37.3 Å². The fraction of sp³-hybridized carbons (Fsp3) is 0.632. The Kier molecular flexibility index (Phi) is 5.25. The van der Waals surface area contributed by atoms with Crippen LogP contribution in [0.1, 0.15) is 71.9 Å². The van der Waals surface area contributed by atoms with Gasteiger partial charge in [0, 0.05) is 10.6 Å². The van der Waals surface area contributed by atoms with Crippen molar-refractivity contribution in [2.45, 2.75) is 65.6 Å². The van der Waals surface area contributed by atoms with E-state index in [9.17, 15) is 4.55 Å². The van der Waals surface area contributed by atoms with Crippen LogP contribution >= 0.6 is 11.6 Å². The van der Waals surface area contributed by atoms with Crippen LogP contribution in [0.5, 0.6) is 0 Å². The maximum absolute atomic E-state index is 12.2. The number of halogens is 1. The summed E-state index contributed by atoms with van der Waals surface area (Å²) in [5, 5.41) is 0.801. The Labute approximate surface area is 149 Å². The lowest BCUT2D eigenvalue weighted by Crippen LogP contribution is -2.26. The van der Waals surface area contributed by atoms with E-state index in [1.165, 1.54) is 12.0 Å². The van der Waals surface area contributed by atoms with Gasteiger partial charge in [0.15, 0.2) is 0 Å². The molecule has 0 bridgehead atoms. The number of nitrogens with zero attached hydrogens (tertiary/aromatic N) is 1. The van der Waals surface area contributed by atoms with E-state index >= 15 is 0 Å². The summed E-state index contributed by atoms with van der Waals surface area (Å²) < 4.78 is 16.1. The molecule has 1 aromatic carbocycles. The standard InChI is InChI=1S/C19H28ClNOS/c1-12(21-23(22)19(5,6)7)13-8-9-14(17(20)10-13)15-11-16(15)18(2,3)4/h8-10,15-16H,11H2,1-7H3/b21-12+/t15-,16?,23?/m0/s1. The first-order valence-corrected chi connectivity index (χ1v) is 9.67. The molecule has 1 aromatic rings. The molecule has 0 spiro atoms. The first-order chi connectivity index (χ1) is 10.4. The number of benzene rings is 1. The van der Waals surface area contributed by atoms with E-state index in [0.717, 1.165) is 16.3 Å². The van der Waals surface area contributed by atoms with Gasteiger partial charge < -0.3 is 4.55 Å². The SMILES string of the molecule is C/C(=N\[S+]([O-])C(C)(C)C)c1ccc([C@@H]2CC2C(C)(C)C)c(Cl)c1. The van der Waals surface area contributed by atoms with E-state index < -0.39 is 11.4 Å². The third kappa shape index (κ3) is 4.52. The zero-order valence-corrected chi connectivity index (χ0v) is 16.8. The van der Waals surface area contributed by atoms with Crippen molar-refractivity contribution in [2.24, 2.45) is 15.7 Å². The van der Waals surface area contributed by atoms with Crippen molar-refractivity contribution in [2.75, 3.05) is 0 Å². The fourth-order valence-corrected chi connectivity index (χ4v) is 3.81. The Hall–Kier alpha value is -0.510. The van der Waals surface area contributed by atoms with E-state index in [0.29, 0.717) is 17.3 Å². The highest BCUT2D eigenvalue weighted by atomic mass is 35.5. The normalized spacial score (nSPS) is 23.8. The molecule has 23 heavy (non-hydrogen) atoms. The van der Waals surface area contributed by atoms with Gasteiger partial charge in [0.2, 0.25) is 0 Å². The summed E-state index contributed by atoms with van der Waals surface area (Å²) in [6.07, 6.45) is 1.21. The zero-order valence-electron chi connectivity index (χ0n) is 15.2. The maximum atomic E-state index is 12.2. The molecule has 0 aromatic heterocycles. The minimum atomic E-state index is -1.25. The summed E-state index contributed by atoms with van der Waals surface area (Å²) in [4.78, 5) is 0. The van der Waals surface area contributed by atoms with Crippen LogP contribution in [-0.2, 0) is 11.4 Å². The molecule has 4 heteroatoms. The molecule has 1 aliphatic carbocycles. The Morgan fingerprint density at radius 2 is 1.83 bits per heavy atom. The Morgan fingerprint density at radius 1 is 1.22 bits per heavy atom. The summed E-state index contributed by atoms with van der Waals surface area (Å²) >= 11 is 5.27. The molecule has 0 N–H and O–H groups in total. The summed E-state index contributed by atoms with van der Waals surface area (Å²) in [6, 6.07) is 6.14. The van der Waals surface area contributed by atoms with Gasteiger partial charge in [-0.15, -0.1) is 0 Å². The topological polar surface area (TPSA) is 35.4 Å². The average Bonchev–Trinajstić information content (AvgIpc) is 3.17. The lowest BCUT2D eigenvalue weighted by molar-refractivity contribution is 0.343. The number of hydrogen-bond acceptors (Lipinski definition) is 2. The van der Waals surface area contributed by atoms with Crippen molar-refractivity contribution in [1.29, 1.82) is 0 Å². The molecular weight excluding hydrogens is 326 g/mol. The van der Waals surface area contributed by atoms with Crippen molar-refractivity contribution >= 4 is 28.7 Å². The molecule has 128 valence electrons. The van der Waals surface area contributed by atoms with Gasteiger partial charge in [0.1, 0.15) is 16.1 Å². The van der Waals surface area contributed by atoms with Crippen LogP contribution < -0.4 is 0 Å². The molecule has 2 unspecified atom stereocenters. The maximum Gasteiger partial charge on any atom is 0.144 e. The molecule has 2 rings (SSSR count). The molecule has 3 atom stereocenters. The van der Waals surface area contributed by atoms with E-state index in [-0.39, 0.29) is 4.75 Å². The highest BCUT2D eigenvalue weighted by Crippen LogP contribution is 2.57. The number of hydrogen-bond donors (Lipinski definition) is 0. The molecule has 1 aliphatic rings. The van der Waals surface area contributed by atoms with Crippen LogP contribution in [0, 0.1) is 11.3 Å². The zero-order chi connectivity index (χ0) is 17.6. The lowest BCUT2D eigenvalue weighted by atomic mass is 9.87. The lowest BCUT2D eigenvalue weighted by Gasteiger charge is -2.19. The fourth-order valence-electron chi connectivity index (χ4n) is 2.86. The predicted octanol–water partition coefficient (Wildman–Crippen LogP) is 5.76. The van der Waals surface area contributed by atoms with Gasteiger partial charge in [0.25, 0.3) is 0 Å². The average molecular weight is 354 g/mol. The second-order valence-electron chi connectivity index (χ2n) is 8.59. The van der Waals surface area contributed by atoms with Crippen LogP contribution in [0.15, 0.2) is 22.6 Å². The van der Waals surface area contributed by atoms with Gasteiger partial charge in [-0.2, -0.15) is 0 Å². The van der Waals surface area contributed by atoms with Crippen molar-refractivity contribution in [1.82, 2.24) is 0 Å². The molecule has 0 amide bonds. The first-order valence-electron chi connectivity index (χ1n) is 8.18. The number of rotatable bonds is 3. The van der Waals surface area contributed by atoms with Crippen LogP contribution in [0.3, 0.4) is 0 Å². The highest BCUT2D eigenvalue weighted by Gasteiger charge is 2.46. The van der Waals surface area contributed by atoms with Crippen molar-refractivity contribution in [3.05, 3.63) is 34.3 Å². The van der Waals surface area contributed by atoms with Crippen molar-refractivity contribution in [3.63, 3.8) is 0 Å². The molecule has 1 saturated carbocycles. The van der Waals surface area contributed by atoms with E-state index in [1.807, 2.05) is 33.8 Å². The Balaban J connectivity index is 2.19. The van der Waals surface area contributed by atoms with E-state index in [1.54, 1.807) is 0 Å². The molecule has 0 radical (unpaired) electrons. The van der Waals surface area contributed by atoms with Crippen LogP contribution in [-0.4, -0.2) is 15.0 Å². The van der Waals surface area contributed by atoms with Crippen LogP contribution in [0.4, 0.5) is 0 Å². The monoisotopic (exact) mass is 353 g/mol.